The third-order valence-electron chi connectivity index (χ3n) is 2.75. The largest absolute Gasteiger partial charge is 0.325 e. The minimum absolute atomic E-state index is 0.00496. The first-order valence-electron chi connectivity index (χ1n) is 5.51. The number of aromatic nitrogens is 1. The molecule has 0 aliphatic carbocycles. The SMILES string of the molecule is Cc1cc(-c2cc(F)c(C#N)cc2F)c(C#N)c(=O)[nH]1. The van der Waals surface area contributed by atoms with E-state index in [0.29, 0.717) is 5.69 Å². The topological polar surface area (TPSA) is 80.4 Å². The van der Waals surface area contributed by atoms with Gasteiger partial charge in [-0.2, -0.15) is 10.5 Å². The Kier molecular flexibility index (Phi) is 3.32. The van der Waals surface area contributed by atoms with Gasteiger partial charge in [0.25, 0.3) is 5.56 Å². The van der Waals surface area contributed by atoms with Crippen LogP contribution in [0.4, 0.5) is 8.78 Å². The molecule has 0 saturated heterocycles. The molecule has 2 aromatic rings. The van der Waals surface area contributed by atoms with Crippen molar-refractivity contribution in [3.63, 3.8) is 0 Å². The fraction of sp³-hybridized carbons (Fsp3) is 0.0714. The molecule has 0 saturated carbocycles. The number of hydrogen-bond acceptors (Lipinski definition) is 3. The summed E-state index contributed by atoms with van der Waals surface area (Å²) in [7, 11) is 0. The summed E-state index contributed by atoms with van der Waals surface area (Å²) in [6, 6.07) is 6.11. The average Bonchev–Trinajstić information content (AvgIpc) is 2.40. The van der Waals surface area contributed by atoms with Gasteiger partial charge >= 0.3 is 0 Å². The molecule has 98 valence electrons. The molecule has 1 heterocycles. The number of pyridine rings is 1. The van der Waals surface area contributed by atoms with Crippen molar-refractivity contribution in [3.8, 4) is 23.3 Å². The van der Waals surface area contributed by atoms with E-state index in [1.807, 2.05) is 0 Å². The zero-order valence-corrected chi connectivity index (χ0v) is 10.3. The molecular weight excluding hydrogens is 264 g/mol. The van der Waals surface area contributed by atoms with E-state index in [9.17, 15) is 13.6 Å². The van der Waals surface area contributed by atoms with Gasteiger partial charge in [-0.25, -0.2) is 8.78 Å². The molecule has 0 radical (unpaired) electrons. The number of H-pyrrole nitrogens is 1. The summed E-state index contributed by atoms with van der Waals surface area (Å²) >= 11 is 0. The van der Waals surface area contributed by atoms with Crippen LogP contribution in [0, 0.1) is 41.2 Å². The lowest BCUT2D eigenvalue weighted by Gasteiger charge is -2.07. The number of aromatic amines is 1. The van der Waals surface area contributed by atoms with Gasteiger partial charge in [-0.15, -0.1) is 0 Å². The number of nitrogens with zero attached hydrogens (tertiary/aromatic N) is 2. The third-order valence-corrected chi connectivity index (χ3v) is 2.75. The van der Waals surface area contributed by atoms with Crippen LogP contribution in [0.5, 0.6) is 0 Å². The van der Waals surface area contributed by atoms with Crippen molar-refractivity contribution in [2.24, 2.45) is 0 Å². The van der Waals surface area contributed by atoms with Crippen molar-refractivity contribution < 1.29 is 8.78 Å². The first-order valence-corrected chi connectivity index (χ1v) is 5.51. The highest BCUT2D eigenvalue weighted by Gasteiger charge is 2.16. The maximum atomic E-state index is 13.9. The van der Waals surface area contributed by atoms with Crippen LogP contribution >= 0.6 is 0 Å². The van der Waals surface area contributed by atoms with Crippen LogP contribution in [0.1, 0.15) is 16.8 Å². The minimum atomic E-state index is -0.911. The van der Waals surface area contributed by atoms with Gasteiger partial charge in [0, 0.05) is 16.8 Å². The number of benzene rings is 1. The summed E-state index contributed by atoms with van der Waals surface area (Å²) in [5.41, 5.74) is -1.24. The van der Waals surface area contributed by atoms with E-state index < -0.39 is 22.8 Å². The Bertz CT molecular complexity index is 841. The van der Waals surface area contributed by atoms with Gasteiger partial charge in [0.15, 0.2) is 0 Å². The highest BCUT2D eigenvalue weighted by atomic mass is 19.1. The van der Waals surface area contributed by atoms with Crippen LogP contribution in [0.2, 0.25) is 0 Å². The Labute approximate surface area is 112 Å². The van der Waals surface area contributed by atoms with Crippen LogP contribution in [-0.4, -0.2) is 4.98 Å². The second kappa shape index (κ2) is 4.94. The predicted octanol–water partition coefficient (Wildman–Crippen LogP) is 2.37. The summed E-state index contributed by atoms with van der Waals surface area (Å²) in [6.45, 7) is 1.56. The zero-order valence-electron chi connectivity index (χ0n) is 10.3. The van der Waals surface area contributed by atoms with Crippen molar-refractivity contribution >= 4 is 0 Å². The Morgan fingerprint density at radius 2 is 1.75 bits per heavy atom. The van der Waals surface area contributed by atoms with E-state index in [4.69, 9.17) is 10.5 Å². The molecule has 0 spiro atoms. The summed E-state index contributed by atoms with van der Waals surface area (Å²) in [6.07, 6.45) is 0. The number of hydrogen-bond donors (Lipinski definition) is 1. The predicted molar refractivity (Wildman–Crippen MR) is 66.6 cm³/mol. The van der Waals surface area contributed by atoms with E-state index in [-0.39, 0.29) is 16.7 Å². The van der Waals surface area contributed by atoms with E-state index in [2.05, 4.69) is 4.98 Å². The van der Waals surface area contributed by atoms with Gasteiger partial charge in [0.2, 0.25) is 0 Å². The monoisotopic (exact) mass is 271 g/mol. The summed E-state index contributed by atoms with van der Waals surface area (Å²) < 4.78 is 27.5. The van der Waals surface area contributed by atoms with E-state index in [0.717, 1.165) is 12.1 Å². The molecule has 4 nitrogen and oxygen atoms in total. The zero-order chi connectivity index (χ0) is 14.9. The molecule has 0 aliphatic rings. The quantitative estimate of drug-likeness (QED) is 0.864. The summed E-state index contributed by atoms with van der Waals surface area (Å²) in [5, 5.41) is 17.6. The van der Waals surface area contributed by atoms with Crippen molar-refractivity contribution in [2.45, 2.75) is 6.92 Å². The fourth-order valence-electron chi connectivity index (χ4n) is 1.85. The Hall–Kier alpha value is -2.99. The molecular formula is C14H7F2N3O. The number of halogens is 2. The lowest BCUT2D eigenvalue weighted by Crippen LogP contribution is -2.13. The summed E-state index contributed by atoms with van der Waals surface area (Å²) in [5.74, 6) is -1.78. The standard InChI is InChI=1S/C14H7F2N3O/c1-7-2-9(11(6-18)14(20)19-7)10-4-12(15)8(5-17)3-13(10)16/h2-4H,1H3,(H,19,20). The Balaban J connectivity index is 2.83. The van der Waals surface area contributed by atoms with Crippen LogP contribution in [0.3, 0.4) is 0 Å². The van der Waals surface area contributed by atoms with Crippen molar-refractivity contribution in [1.82, 2.24) is 4.98 Å². The average molecular weight is 271 g/mol. The maximum Gasteiger partial charge on any atom is 0.266 e. The van der Waals surface area contributed by atoms with Crippen LogP contribution in [-0.2, 0) is 0 Å². The smallest absolute Gasteiger partial charge is 0.266 e. The van der Waals surface area contributed by atoms with Gasteiger partial charge in [0.1, 0.15) is 29.3 Å². The van der Waals surface area contributed by atoms with Crippen LogP contribution in [0.15, 0.2) is 23.0 Å². The third kappa shape index (κ3) is 2.15. The normalized spacial score (nSPS) is 9.85. The molecule has 20 heavy (non-hydrogen) atoms. The molecule has 0 bridgehead atoms. The molecule has 1 aromatic heterocycles. The first kappa shape index (κ1) is 13.4. The first-order chi connectivity index (χ1) is 9.47. The number of nitrogens with one attached hydrogen (secondary N) is 1. The minimum Gasteiger partial charge on any atom is -0.325 e. The molecule has 0 aliphatic heterocycles. The van der Waals surface area contributed by atoms with Gasteiger partial charge in [-0.05, 0) is 25.1 Å². The van der Waals surface area contributed by atoms with Gasteiger partial charge in [0.05, 0.1) is 5.56 Å². The van der Waals surface area contributed by atoms with Crippen molar-refractivity contribution in [3.05, 3.63) is 57.0 Å². The van der Waals surface area contributed by atoms with Gasteiger partial charge in [-0.3, -0.25) is 4.79 Å². The Morgan fingerprint density at radius 1 is 1.05 bits per heavy atom. The second-order valence-corrected chi connectivity index (χ2v) is 4.11. The van der Waals surface area contributed by atoms with Gasteiger partial charge in [-0.1, -0.05) is 0 Å². The number of nitriles is 2. The molecule has 0 amide bonds. The molecule has 1 N–H and O–H groups in total. The summed E-state index contributed by atoms with van der Waals surface area (Å²) in [4.78, 5) is 14.0. The maximum absolute atomic E-state index is 13.9. The molecule has 1 aromatic carbocycles. The number of aryl methyl sites for hydroxylation is 1. The highest BCUT2D eigenvalue weighted by molar-refractivity contribution is 5.71. The second-order valence-electron chi connectivity index (χ2n) is 4.11. The number of rotatable bonds is 1. The van der Waals surface area contributed by atoms with Crippen LogP contribution in [0.25, 0.3) is 11.1 Å². The molecule has 0 fully saturated rings. The van der Waals surface area contributed by atoms with E-state index in [1.165, 1.54) is 12.1 Å². The van der Waals surface area contributed by atoms with Gasteiger partial charge < -0.3 is 4.98 Å². The van der Waals surface area contributed by atoms with E-state index >= 15 is 0 Å². The van der Waals surface area contributed by atoms with Crippen LogP contribution < -0.4 is 5.56 Å². The Morgan fingerprint density at radius 3 is 2.35 bits per heavy atom. The van der Waals surface area contributed by atoms with Crippen molar-refractivity contribution in [1.29, 1.82) is 10.5 Å². The lowest BCUT2D eigenvalue weighted by atomic mass is 9.99. The highest BCUT2D eigenvalue weighted by Crippen LogP contribution is 2.27. The molecule has 2 rings (SSSR count). The molecule has 6 heteroatoms. The lowest BCUT2D eigenvalue weighted by molar-refractivity contribution is 0.599. The van der Waals surface area contributed by atoms with Crippen molar-refractivity contribution in [2.75, 3.05) is 0 Å². The molecule has 0 atom stereocenters. The molecule has 0 unspecified atom stereocenters. The fourth-order valence-corrected chi connectivity index (χ4v) is 1.85. The van der Waals surface area contributed by atoms with E-state index in [1.54, 1.807) is 13.0 Å².